The average molecular weight is 488 g/mol. The topological polar surface area (TPSA) is 98.1 Å². The van der Waals surface area contributed by atoms with Gasteiger partial charge in [-0.05, 0) is 42.3 Å². The van der Waals surface area contributed by atoms with E-state index in [0.717, 1.165) is 0 Å². The van der Waals surface area contributed by atoms with E-state index in [4.69, 9.17) is 16.3 Å². The van der Waals surface area contributed by atoms with Crippen LogP contribution >= 0.6 is 23.4 Å². The molecule has 2 N–H and O–H groups in total. The molecule has 174 valence electrons. The first kappa shape index (κ1) is 24.6. The SMILES string of the molecule is COc1cccc(NC(=O)CSc2nnc([C@@H](NC(=O)c3ccc(Cl)cc3)C(C)C)n2C)c1. The summed E-state index contributed by atoms with van der Waals surface area (Å²) in [7, 11) is 3.40. The lowest BCUT2D eigenvalue weighted by atomic mass is 10.0. The number of hydrogen-bond acceptors (Lipinski definition) is 6. The molecule has 1 atom stereocenters. The van der Waals surface area contributed by atoms with Gasteiger partial charge in [0, 0.05) is 29.4 Å². The van der Waals surface area contributed by atoms with Crippen LogP contribution in [0, 0.1) is 5.92 Å². The van der Waals surface area contributed by atoms with Crippen molar-refractivity contribution >= 4 is 40.9 Å². The van der Waals surface area contributed by atoms with Gasteiger partial charge in [-0.1, -0.05) is 43.3 Å². The number of hydrogen-bond donors (Lipinski definition) is 2. The Morgan fingerprint density at radius 3 is 2.55 bits per heavy atom. The summed E-state index contributed by atoms with van der Waals surface area (Å²) >= 11 is 7.18. The van der Waals surface area contributed by atoms with Crippen LogP contribution in [0.25, 0.3) is 0 Å². The zero-order chi connectivity index (χ0) is 24.0. The Morgan fingerprint density at radius 1 is 1.15 bits per heavy atom. The van der Waals surface area contributed by atoms with Crippen LogP contribution in [0.4, 0.5) is 5.69 Å². The molecular weight excluding hydrogens is 462 g/mol. The fraction of sp³-hybridized carbons (Fsp3) is 0.304. The second kappa shape index (κ2) is 11.2. The molecular formula is C23H26ClN5O3S. The monoisotopic (exact) mass is 487 g/mol. The van der Waals surface area contributed by atoms with E-state index in [1.54, 1.807) is 54.1 Å². The van der Waals surface area contributed by atoms with Crippen LogP contribution in [-0.4, -0.2) is 39.4 Å². The predicted octanol–water partition coefficient (Wildman–Crippen LogP) is 4.34. The minimum absolute atomic E-state index is 0.0679. The van der Waals surface area contributed by atoms with Gasteiger partial charge in [0.15, 0.2) is 11.0 Å². The summed E-state index contributed by atoms with van der Waals surface area (Å²) in [6, 6.07) is 13.5. The zero-order valence-electron chi connectivity index (χ0n) is 18.8. The summed E-state index contributed by atoms with van der Waals surface area (Å²) in [5, 5.41) is 15.5. The second-order valence-corrected chi connectivity index (χ2v) is 9.05. The molecule has 0 aliphatic rings. The summed E-state index contributed by atoms with van der Waals surface area (Å²) in [5.74, 6) is 1.11. The molecule has 0 aliphatic heterocycles. The lowest BCUT2D eigenvalue weighted by Crippen LogP contribution is -2.33. The molecule has 3 rings (SSSR count). The minimum Gasteiger partial charge on any atom is -0.497 e. The first-order valence-corrected chi connectivity index (χ1v) is 11.7. The van der Waals surface area contributed by atoms with E-state index in [1.807, 2.05) is 27.0 Å². The Bertz CT molecular complexity index is 1120. The average Bonchev–Trinajstić information content (AvgIpc) is 3.16. The van der Waals surface area contributed by atoms with Crippen LogP contribution in [0.3, 0.4) is 0 Å². The molecule has 0 spiro atoms. The molecule has 10 heteroatoms. The highest BCUT2D eigenvalue weighted by molar-refractivity contribution is 7.99. The number of nitrogens with zero attached hydrogens (tertiary/aromatic N) is 3. The van der Waals surface area contributed by atoms with E-state index < -0.39 is 0 Å². The number of benzene rings is 2. The number of carbonyl (C=O) groups is 2. The van der Waals surface area contributed by atoms with Gasteiger partial charge in [-0.25, -0.2) is 0 Å². The van der Waals surface area contributed by atoms with Crippen molar-refractivity contribution in [2.75, 3.05) is 18.2 Å². The van der Waals surface area contributed by atoms with Crippen molar-refractivity contribution in [2.45, 2.75) is 25.0 Å². The molecule has 0 fully saturated rings. The number of rotatable bonds is 9. The second-order valence-electron chi connectivity index (χ2n) is 7.67. The van der Waals surface area contributed by atoms with E-state index >= 15 is 0 Å². The summed E-state index contributed by atoms with van der Waals surface area (Å²) in [5.41, 5.74) is 1.17. The maximum absolute atomic E-state index is 12.7. The Balaban J connectivity index is 1.65. The lowest BCUT2D eigenvalue weighted by Gasteiger charge is -2.21. The molecule has 0 radical (unpaired) electrons. The number of halogens is 1. The van der Waals surface area contributed by atoms with Crippen LogP contribution in [0.5, 0.6) is 5.75 Å². The quantitative estimate of drug-likeness (QED) is 0.436. The van der Waals surface area contributed by atoms with Crippen molar-refractivity contribution in [3.63, 3.8) is 0 Å². The van der Waals surface area contributed by atoms with Crippen molar-refractivity contribution in [3.8, 4) is 5.75 Å². The van der Waals surface area contributed by atoms with Crippen LogP contribution in [0.1, 0.15) is 36.1 Å². The van der Waals surface area contributed by atoms with Crippen molar-refractivity contribution in [2.24, 2.45) is 13.0 Å². The third kappa shape index (κ3) is 6.49. The smallest absolute Gasteiger partial charge is 0.251 e. The highest BCUT2D eigenvalue weighted by Gasteiger charge is 2.25. The zero-order valence-corrected chi connectivity index (χ0v) is 20.4. The number of carbonyl (C=O) groups excluding carboxylic acids is 2. The fourth-order valence-electron chi connectivity index (χ4n) is 3.11. The molecule has 1 aromatic heterocycles. The summed E-state index contributed by atoms with van der Waals surface area (Å²) in [6.07, 6.45) is 0. The molecule has 0 unspecified atom stereocenters. The van der Waals surface area contributed by atoms with Gasteiger partial charge >= 0.3 is 0 Å². The van der Waals surface area contributed by atoms with Crippen molar-refractivity contribution in [1.29, 1.82) is 0 Å². The molecule has 0 saturated heterocycles. The number of ether oxygens (including phenoxy) is 1. The van der Waals surface area contributed by atoms with Gasteiger partial charge in [-0.3, -0.25) is 9.59 Å². The van der Waals surface area contributed by atoms with E-state index in [2.05, 4.69) is 20.8 Å². The van der Waals surface area contributed by atoms with Crippen molar-refractivity contribution < 1.29 is 14.3 Å². The molecule has 33 heavy (non-hydrogen) atoms. The molecule has 0 bridgehead atoms. The number of aromatic nitrogens is 3. The molecule has 0 saturated carbocycles. The Hall–Kier alpha value is -3.04. The number of amides is 2. The van der Waals surface area contributed by atoms with E-state index in [-0.39, 0.29) is 29.5 Å². The highest BCUT2D eigenvalue weighted by Crippen LogP contribution is 2.25. The Kier molecular flexibility index (Phi) is 8.35. The normalized spacial score (nSPS) is 11.8. The third-order valence-electron chi connectivity index (χ3n) is 4.89. The maximum atomic E-state index is 12.7. The van der Waals surface area contributed by atoms with Crippen molar-refractivity contribution in [1.82, 2.24) is 20.1 Å². The lowest BCUT2D eigenvalue weighted by molar-refractivity contribution is -0.113. The summed E-state index contributed by atoms with van der Waals surface area (Å²) in [6.45, 7) is 3.99. The highest BCUT2D eigenvalue weighted by atomic mass is 35.5. The fourth-order valence-corrected chi connectivity index (χ4v) is 3.95. The van der Waals surface area contributed by atoms with Gasteiger partial charge in [-0.15, -0.1) is 10.2 Å². The van der Waals surface area contributed by atoms with Crippen LogP contribution in [0.15, 0.2) is 53.7 Å². The molecule has 1 heterocycles. The largest absolute Gasteiger partial charge is 0.497 e. The molecule has 8 nitrogen and oxygen atoms in total. The van der Waals surface area contributed by atoms with E-state index in [9.17, 15) is 9.59 Å². The summed E-state index contributed by atoms with van der Waals surface area (Å²) in [4.78, 5) is 25.1. The predicted molar refractivity (Wildman–Crippen MR) is 130 cm³/mol. The minimum atomic E-state index is -0.356. The summed E-state index contributed by atoms with van der Waals surface area (Å²) < 4.78 is 6.97. The molecule has 2 aromatic carbocycles. The van der Waals surface area contributed by atoms with Gasteiger partial charge in [0.2, 0.25) is 5.91 Å². The Morgan fingerprint density at radius 2 is 1.88 bits per heavy atom. The standard InChI is InChI=1S/C23H26ClN5O3S/c1-14(2)20(26-22(31)15-8-10-16(24)11-9-15)21-27-28-23(29(21)3)33-13-19(30)25-17-6-5-7-18(12-17)32-4/h5-12,14,20H,13H2,1-4H3,(H,25,30)(H,26,31)/t20-/m0/s1. The number of methoxy groups -OCH3 is 1. The van der Waals surface area contributed by atoms with Gasteiger partial charge < -0.3 is 19.9 Å². The molecule has 0 aliphatic carbocycles. The first-order chi connectivity index (χ1) is 15.8. The van der Waals surface area contributed by atoms with Gasteiger partial charge in [-0.2, -0.15) is 0 Å². The van der Waals surface area contributed by atoms with Gasteiger partial charge in [0.1, 0.15) is 5.75 Å². The number of thioether (sulfide) groups is 1. The van der Waals surface area contributed by atoms with Gasteiger partial charge in [0.25, 0.3) is 5.91 Å². The number of nitrogens with one attached hydrogen (secondary N) is 2. The van der Waals surface area contributed by atoms with Crippen molar-refractivity contribution in [3.05, 3.63) is 64.9 Å². The maximum Gasteiger partial charge on any atom is 0.251 e. The van der Waals surface area contributed by atoms with Crippen LogP contribution in [0.2, 0.25) is 5.02 Å². The molecule has 3 aromatic rings. The first-order valence-electron chi connectivity index (χ1n) is 10.3. The Labute approximate surface area is 202 Å². The van der Waals surface area contributed by atoms with Crippen LogP contribution in [-0.2, 0) is 11.8 Å². The third-order valence-corrected chi connectivity index (χ3v) is 6.16. The van der Waals surface area contributed by atoms with Gasteiger partial charge in [0.05, 0.1) is 18.9 Å². The van der Waals surface area contributed by atoms with E-state index in [0.29, 0.717) is 33.0 Å². The van der Waals surface area contributed by atoms with Crippen LogP contribution < -0.4 is 15.4 Å². The number of anilines is 1. The van der Waals surface area contributed by atoms with E-state index in [1.165, 1.54) is 11.8 Å². The molecule has 2 amide bonds.